The number of phenolic OH excluding ortho intramolecular Hbond substituents is 1. The number of unbranched alkanes of at least 4 members (excludes halogenated alkanes) is 5. The van der Waals surface area contributed by atoms with Gasteiger partial charge in [-0.05, 0) is 116 Å². The van der Waals surface area contributed by atoms with E-state index in [1.165, 1.54) is 26.0 Å². The summed E-state index contributed by atoms with van der Waals surface area (Å²) in [4.78, 5) is 19.1. The monoisotopic (exact) mass is 694 g/mol. The maximum atomic E-state index is 14.1. The van der Waals surface area contributed by atoms with Crippen LogP contribution in [0.25, 0.3) is 22.3 Å². The molecule has 8 heteroatoms. The van der Waals surface area contributed by atoms with Crippen LogP contribution in [0.4, 0.5) is 0 Å². The number of hydrogen-bond acceptors (Lipinski definition) is 8. The van der Waals surface area contributed by atoms with Gasteiger partial charge >= 0.3 is 0 Å². The standard InChI is InChI=1S/C42H66N2O6/c1-7-12-13-14-19-36-41(46)40-37(45)30-34(47-6)32-39(40)50-42(36)35-21-20-33(48-28-17-15-26-43(22-8-2)23-9-3)31-38(35)49-29-18-16-27-44(24-10-4)25-11-5/h20-21,30-32,45H,7-19,22-29H2,1-6H3. The van der Waals surface area contributed by atoms with Gasteiger partial charge in [-0.1, -0.05) is 53.9 Å². The van der Waals surface area contributed by atoms with Gasteiger partial charge < -0.3 is 33.5 Å². The molecule has 0 radical (unpaired) electrons. The van der Waals surface area contributed by atoms with Crippen LogP contribution < -0.4 is 19.6 Å². The Morgan fingerprint density at radius 3 is 1.86 bits per heavy atom. The van der Waals surface area contributed by atoms with Crippen LogP contribution in [0.3, 0.4) is 0 Å². The number of fused-ring (bicyclic) bond motifs is 1. The highest BCUT2D eigenvalue weighted by atomic mass is 16.5. The first-order valence-corrected chi connectivity index (χ1v) is 19.6. The molecule has 0 aliphatic carbocycles. The number of rotatable bonds is 27. The molecule has 1 aromatic heterocycles. The Morgan fingerprint density at radius 1 is 0.660 bits per heavy atom. The molecular weight excluding hydrogens is 628 g/mol. The van der Waals surface area contributed by atoms with Crippen molar-refractivity contribution in [1.82, 2.24) is 9.80 Å². The van der Waals surface area contributed by atoms with Crippen LogP contribution in [0.5, 0.6) is 23.0 Å². The Hall–Kier alpha value is -3.23. The minimum atomic E-state index is -0.212. The molecule has 0 bridgehead atoms. The van der Waals surface area contributed by atoms with Gasteiger partial charge in [-0.25, -0.2) is 0 Å². The van der Waals surface area contributed by atoms with Crippen LogP contribution in [0.1, 0.15) is 117 Å². The fourth-order valence-corrected chi connectivity index (χ4v) is 6.68. The SMILES string of the molecule is CCCCCCc1c(-c2ccc(OCCCCN(CCC)CCC)cc2OCCCCN(CCC)CCC)oc2cc(OC)cc(O)c2c1=O. The molecule has 0 amide bonds. The average molecular weight is 695 g/mol. The van der Waals surface area contributed by atoms with Crippen molar-refractivity contribution in [2.45, 2.75) is 118 Å². The molecule has 0 unspecified atom stereocenters. The van der Waals surface area contributed by atoms with E-state index in [0.717, 1.165) is 115 Å². The summed E-state index contributed by atoms with van der Waals surface area (Å²) in [5.41, 5.74) is 1.36. The lowest BCUT2D eigenvalue weighted by Crippen LogP contribution is -2.26. The van der Waals surface area contributed by atoms with Gasteiger partial charge in [0, 0.05) is 23.8 Å². The van der Waals surface area contributed by atoms with E-state index in [2.05, 4.69) is 44.4 Å². The summed E-state index contributed by atoms with van der Waals surface area (Å²) in [5.74, 6) is 2.15. The summed E-state index contributed by atoms with van der Waals surface area (Å²) in [6.45, 7) is 19.0. The summed E-state index contributed by atoms with van der Waals surface area (Å²) in [7, 11) is 1.53. The maximum Gasteiger partial charge on any atom is 0.200 e. The average Bonchev–Trinajstić information content (AvgIpc) is 3.10. The van der Waals surface area contributed by atoms with Crippen LogP contribution >= 0.6 is 0 Å². The molecule has 0 saturated heterocycles. The largest absolute Gasteiger partial charge is 0.507 e. The van der Waals surface area contributed by atoms with Crippen LogP contribution in [-0.4, -0.2) is 74.5 Å². The second-order valence-electron chi connectivity index (χ2n) is 13.5. The lowest BCUT2D eigenvalue weighted by molar-refractivity contribution is 0.246. The summed E-state index contributed by atoms with van der Waals surface area (Å²) in [6, 6.07) is 8.99. The van der Waals surface area contributed by atoms with Crippen molar-refractivity contribution >= 4 is 11.0 Å². The quantitative estimate of drug-likeness (QED) is 0.0790. The van der Waals surface area contributed by atoms with E-state index < -0.39 is 0 Å². The van der Waals surface area contributed by atoms with E-state index in [1.54, 1.807) is 6.07 Å². The molecule has 1 heterocycles. The van der Waals surface area contributed by atoms with E-state index in [1.807, 2.05) is 18.2 Å². The molecular formula is C42H66N2O6. The Bertz CT molecular complexity index is 1440. The van der Waals surface area contributed by atoms with Crippen LogP contribution in [-0.2, 0) is 6.42 Å². The van der Waals surface area contributed by atoms with E-state index in [0.29, 0.717) is 42.5 Å². The first kappa shape index (κ1) is 41.2. The van der Waals surface area contributed by atoms with Crippen molar-refractivity contribution in [1.29, 1.82) is 0 Å². The van der Waals surface area contributed by atoms with Crippen molar-refractivity contribution in [2.24, 2.45) is 0 Å². The van der Waals surface area contributed by atoms with Crippen molar-refractivity contribution < 1.29 is 23.7 Å². The number of benzene rings is 2. The topological polar surface area (TPSA) is 84.6 Å². The highest BCUT2D eigenvalue weighted by Gasteiger charge is 2.22. The highest BCUT2D eigenvalue weighted by Crippen LogP contribution is 2.39. The third-order valence-electron chi connectivity index (χ3n) is 9.18. The van der Waals surface area contributed by atoms with E-state index in [9.17, 15) is 9.90 Å². The second kappa shape index (κ2) is 23.3. The molecule has 280 valence electrons. The van der Waals surface area contributed by atoms with Gasteiger partial charge in [-0.3, -0.25) is 4.79 Å². The van der Waals surface area contributed by atoms with Crippen LogP contribution in [0.15, 0.2) is 39.5 Å². The summed E-state index contributed by atoms with van der Waals surface area (Å²) < 4.78 is 24.7. The first-order valence-electron chi connectivity index (χ1n) is 19.6. The first-order chi connectivity index (χ1) is 24.4. The summed E-state index contributed by atoms with van der Waals surface area (Å²) in [6.07, 6.45) is 13.3. The molecule has 8 nitrogen and oxygen atoms in total. The van der Waals surface area contributed by atoms with Gasteiger partial charge in [0.25, 0.3) is 0 Å². The number of aromatic hydroxyl groups is 1. The molecule has 0 saturated carbocycles. The minimum Gasteiger partial charge on any atom is -0.507 e. The number of nitrogens with zero attached hydrogens (tertiary/aromatic N) is 2. The molecule has 0 fully saturated rings. The molecule has 3 rings (SSSR count). The van der Waals surface area contributed by atoms with Gasteiger partial charge in [0.05, 0.1) is 25.9 Å². The third kappa shape index (κ3) is 12.8. The zero-order chi connectivity index (χ0) is 36.1. The van der Waals surface area contributed by atoms with Gasteiger partial charge in [0.2, 0.25) is 0 Å². The Balaban J connectivity index is 1.92. The normalized spacial score (nSPS) is 11.6. The predicted molar refractivity (Wildman–Crippen MR) is 207 cm³/mol. The Morgan fingerprint density at radius 2 is 1.28 bits per heavy atom. The van der Waals surface area contributed by atoms with E-state index >= 15 is 0 Å². The predicted octanol–water partition coefficient (Wildman–Crippen LogP) is 9.86. The van der Waals surface area contributed by atoms with Gasteiger partial charge in [-0.15, -0.1) is 0 Å². The lowest BCUT2D eigenvalue weighted by atomic mass is 9.98. The van der Waals surface area contributed by atoms with Crippen molar-refractivity contribution in [3.8, 4) is 34.3 Å². The maximum absolute atomic E-state index is 14.1. The summed E-state index contributed by atoms with van der Waals surface area (Å²) in [5, 5.41) is 11.0. The van der Waals surface area contributed by atoms with E-state index in [4.69, 9.17) is 18.6 Å². The lowest BCUT2D eigenvalue weighted by Gasteiger charge is -2.21. The van der Waals surface area contributed by atoms with Crippen molar-refractivity contribution in [3.05, 3.63) is 46.1 Å². The third-order valence-corrected chi connectivity index (χ3v) is 9.18. The van der Waals surface area contributed by atoms with Gasteiger partial charge in [-0.2, -0.15) is 0 Å². The second-order valence-corrected chi connectivity index (χ2v) is 13.5. The summed E-state index contributed by atoms with van der Waals surface area (Å²) >= 11 is 0. The fraction of sp³-hybridized carbons (Fsp3) is 0.643. The molecule has 2 aromatic carbocycles. The molecule has 3 aromatic rings. The van der Waals surface area contributed by atoms with E-state index in [-0.39, 0.29) is 22.1 Å². The number of ether oxygens (including phenoxy) is 3. The molecule has 0 spiro atoms. The molecule has 0 atom stereocenters. The Kier molecular flexibility index (Phi) is 19.2. The van der Waals surface area contributed by atoms with Crippen molar-refractivity contribution in [3.63, 3.8) is 0 Å². The molecule has 1 N–H and O–H groups in total. The Labute approximate surface area is 302 Å². The smallest absolute Gasteiger partial charge is 0.200 e. The van der Waals surface area contributed by atoms with Crippen LogP contribution in [0, 0.1) is 0 Å². The molecule has 0 aliphatic rings. The molecule has 50 heavy (non-hydrogen) atoms. The minimum absolute atomic E-state index is 0.137. The highest BCUT2D eigenvalue weighted by molar-refractivity contribution is 5.88. The molecule has 0 aliphatic heterocycles. The number of phenols is 1. The zero-order valence-corrected chi connectivity index (χ0v) is 32.1. The van der Waals surface area contributed by atoms with Gasteiger partial charge in [0.15, 0.2) is 5.43 Å². The zero-order valence-electron chi connectivity index (χ0n) is 32.1. The fourth-order valence-electron chi connectivity index (χ4n) is 6.68. The number of hydrogen-bond donors (Lipinski definition) is 1. The van der Waals surface area contributed by atoms with Gasteiger partial charge in [0.1, 0.15) is 39.7 Å². The number of methoxy groups -OCH3 is 1. The van der Waals surface area contributed by atoms with Crippen LogP contribution in [0.2, 0.25) is 0 Å². The van der Waals surface area contributed by atoms with Crippen molar-refractivity contribution in [2.75, 3.05) is 59.6 Å².